The summed E-state index contributed by atoms with van der Waals surface area (Å²) in [7, 11) is 0. The molecular formula is C14H10O3. The largest absolute Gasteiger partial charge is 0.507 e. The summed E-state index contributed by atoms with van der Waals surface area (Å²) < 4.78 is 5.20. The van der Waals surface area contributed by atoms with Gasteiger partial charge in [-0.3, -0.25) is 0 Å². The van der Waals surface area contributed by atoms with Crippen LogP contribution in [0.5, 0.6) is 5.75 Å². The van der Waals surface area contributed by atoms with E-state index in [4.69, 9.17) is 4.42 Å². The van der Waals surface area contributed by atoms with Gasteiger partial charge in [0, 0.05) is 5.39 Å². The first kappa shape index (κ1) is 9.90. The van der Waals surface area contributed by atoms with Crippen molar-refractivity contribution in [3.8, 4) is 5.75 Å². The molecule has 0 amide bonds. The summed E-state index contributed by atoms with van der Waals surface area (Å²) in [6.45, 7) is 2.00. The second-order valence-electron chi connectivity index (χ2n) is 4.06. The molecule has 1 aromatic heterocycles. The molecule has 0 radical (unpaired) electrons. The van der Waals surface area contributed by atoms with Crippen LogP contribution in [0.3, 0.4) is 0 Å². The van der Waals surface area contributed by atoms with E-state index in [2.05, 4.69) is 0 Å². The zero-order chi connectivity index (χ0) is 12.0. The highest BCUT2D eigenvalue weighted by Gasteiger charge is 2.08. The molecule has 0 fully saturated rings. The lowest BCUT2D eigenvalue weighted by Gasteiger charge is -2.05. The third kappa shape index (κ3) is 1.40. The van der Waals surface area contributed by atoms with Gasteiger partial charge in [0.25, 0.3) is 0 Å². The molecule has 3 nitrogen and oxygen atoms in total. The first-order chi connectivity index (χ1) is 8.16. The van der Waals surface area contributed by atoms with E-state index in [1.165, 1.54) is 0 Å². The molecule has 1 N–H and O–H groups in total. The van der Waals surface area contributed by atoms with Gasteiger partial charge in [-0.1, -0.05) is 24.3 Å². The molecular weight excluding hydrogens is 216 g/mol. The third-order valence-electron chi connectivity index (χ3n) is 2.96. The summed E-state index contributed by atoms with van der Waals surface area (Å²) in [6.07, 6.45) is 0. The zero-order valence-corrected chi connectivity index (χ0v) is 9.23. The fourth-order valence-electron chi connectivity index (χ4n) is 2.12. The zero-order valence-electron chi connectivity index (χ0n) is 9.23. The molecule has 17 heavy (non-hydrogen) atoms. The van der Waals surface area contributed by atoms with E-state index >= 15 is 0 Å². The van der Waals surface area contributed by atoms with Crippen molar-refractivity contribution < 1.29 is 9.52 Å². The van der Waals surface area contributed by atoms with Crippen LogP contribution in [0.15, 0.2) is 45.6 Å². The van der Waals surface area contributed by atoms with Crippen LogP contribution in [-0.4, -0.2) is 5.11 Å². The Balaban J connectivity index is 2.64. The fourth-order valence-corrected chi connectivity index (χ4v) is 2.12. The third-order valence-corrected chi connectivity index (χ3v) is 2.96. The second kappa shape index (κ2) is 3.35. The molecule has 3 heteroatoms. The first-order valence-electron chi connectivity index (χ1n) is 5.32. The van der Waals surface area contributed by atoms with Crippen molar-refractivity contribution in [2.45, 2.75) is 6.92 Å². The van der Waals surface area contributed by atoms with Crippen molar-refractivity contribution in [1.82, 2.24) is 0 Å². The van der Waals surface area contributed by atoms with Crippen LogP contribution < -0.4 is 5.63 Å². The number of rotatable bonds is 0. The quantitative estimate of drug-likeness (QED) is 0.473. The Labute approximate surface area is 96.9 Å². The lowest BCUT2D eigenvalue weighted by Crippen LogP contribution is -1.96. The Morgan fingerprint density at radius 1 is 1.06 bits per heavy atom. The van der Waals surface area contributed by atoms with Gasteiger partial charge in [0.05, 0.1) is 11.5 Å². The van der Waals surface area contributed by atoms with Crippen LogP contribution in [0.1, 0.15) is 5.56 Å². The van der Waals surface area contributed by atoms with Crippen molar-refractivity contribution in [3.63, 3.8) is 0 Å². The van der Waals surface area contributed by atoms with E-state index in [0.29, 0.717) is 11.0 Å². The molecule has 0 atom stereocenters. The van der Waals surface area contributed by atoms with E-state index < -0.39 is 5.63 Å². The number of benzene rings is 2. The minimum Gasteiger partial charge on any atom is -0.507 e. The van der Waals surface area contributed by atoms with E-state index in [1.54, 1.807) is 6.07 Å². The molecule has 0 aliphatic carbocycles. The molecule has 0 bridgehead atoms. The smallest absolute Gasteiger partial charge is 0.339 e. The van der Waals surface area contributed by atoms with Crippen LogP contribution in [0.4, 0.5) is 0 Å². The molecule has 2 aromatic carbocycles. The predicted molar refractivity (Wildman–Crippen MR) is 66.4 cm³/mol. The van der Waals surface area contributed by atoms with Gasteiger partial charge < -0.3 is 9.52 Å². The molecule has 0 saturated heterocycles. The second-order valence-corrected chi connectivity index (χ2v) is 4.06. The number of hydrogen-bond donors (Lipinski definition) is 1. The highest BCUT2D eigenvalue weighted by molar-refractivity contribution is 6.06. The van der Waals surface area contributed by atoms with Crippen LogP contribution in [0.2, 0.25) is 0 Å². The summed E-state index contributed by atoms with van der Waals surface area (Å²) in [5.41, 5.74) is 1.01. The van der Waals surface area contributed by atoms with Gasteiger partial charge in [0.15, 0.2) is 0 Å². The Kier molecular flexibility index (Phi) is 1.95. The topological polar surface area (TPSA) is 50.4 Å². The van der Waals surface area contributed by atoms with E-state index in [9.17, 15) is 9.90 Å². The van der Waals surface area contributed by atoms with E-state index in [1.807, 2.05) is 31.2 Å². The number of hydrogen-bond acceptors (Lipinski definition) is 3. The Morgan fingerprint density at radius 2 is 1.82 bits per heavy atom. The van der Waals surface area contributed by atoms with Gasteiger partial charge in [0.1, 0.15) is 11.3 Å². The van der Waals surface area contributed by atoms with Crippen LogP contribution >= 0.6 is 0 Å². The maximum Gasteiger partial charge on any atom is 0.339 e. The lowest BCUT2D eigenvalue weighted by molar-refractivity contribution is 0.468. The van der Waals surface area contributed by atoms with Gasteiger partial charge in [-0.25, -0.2) is 4.79 Å². The normalized spacial score (nSPS) is 11.1. The van der Waals surface area contributed by atoms with Gasteiger partial charge >= 0.3 is 5.63 Å². The van der Waals surface area contributed by atoms with Gasteiger partial charge in [-0.05, 0) is 23.9 Å². The Bertz CT molecular complexity index is 784. The molecule has 1 heterocycles. The Hall–Kier alpha value is -2.29. The highest BCUT2D eigenvalue weighted by Crippen LogP contribution is 2.30. The number of fused-ring (bicyclic) bond motifs is 3. The number of aryl methyl sites for hydroxylation is 1. The van der Waals surface area contributed by atoms with E-state index in [0.717, 1.165) is 22.4 Å². The molecule has 0 unspecified atom stereocenters. The van der Waals surface area contributed by atoms with E-state index in [-0.39, 0.29) is 5.75 Å². The standard InChI is InChI=1S/C14H10O3/c1-8-3-2-4-10-9(8)5-6-11-12(15)7-13(16)17-14(10)11/h2-7,15H,1H3. The van der Waals surface area contributed by atoms with Crippen LogP contribution in [-0.2, 0) is 0 Å². The fraction of sp³-hybridized carbons (Fsp3) is 0.0714. The highest BCUT2D eigenvalue weighted by atomic mass is 16.4. The van der Waals surface area contributed by atoms with Crippen molar-refractivity contribution in [3.05, 3.63) is 52.4 Å². The maximum atomic E-state index is 11.3. The number of aromatic hydroxyl groups is 1. The average molecular weight is 226 g/mol. The minimum absolute atomic E-state index is 0.0420. The maximum absolute atomic E-state index is 11.3. The molecule has 3 aromatic rings. The summed E-state index contributed by atoms with van der Waals surface area (Å²) in [6, 6.07) is 10.6. The van der Waals surface area contributed by atoms with Gasteiger partial charge in [0.2, 0.25) is 0 Å². The average Bonchev–Trinajstić information content (AvgIpc) is 2.29. The summed E-state index contributed by atoms with van der Waals surface area (Å²) in [5, 5.41) is 12.1. The summed E-state index contributed by atoms with van der Waals surface area (Å²) >= 11 is 0. The van der Waals surface area contributed by atoms with Crippen LogP contribution in [0, 0.1) is 6.92 Å². The first-order valence-corrected chi connectivity index (χ1v) is 5.32. The molecule has 0 aliphatic rings. The van der Waals surface area contributed by atoms with Crippen molar-refractivity contribution in [1.29, 1.82) is 0 Å². The minimum atomic E-state index is -0.538. The lowest BCUT2D eigenvalue weighted by atomic mass is 10.0. The summed E-state index contributed by atoms with van der Waals surface area (Å²) in [5.74, 6) is -0.0420. The van der Waals surface area contributed by atoms with Crippen LogP contribution in [0.25, 0.3) is 21.7 Å². The monoisotopic (exact) mass is 226 g/mol. The molecule has 0 aliphatic heterocycles. The molecule has 84 valence electrons. The van der Waals surface area contributed by atoms with Crippen molar-refractivity contribution >= 4 is 21.7 Å². The van der Waals surface area contributed by atoms with Crippen molar-refractivity contribution in [2.24, 2.45) is 0 Å². The molecule has 0 saturated carbocycles. The Morgan fingerprint density at radius 3 is 2.65 bits per heavy atom. The molecule has 3 rings (SSSR count). The predicted octanol–water partition coefficient (Wildman–Crippen LogP) is 2.96. The molecule has 0 spiro atoms. The van der Waals surface area contributed by atoms with Crippen molar-refractivity contribution in [2.75, 3.05) is 0 Å². The van der Waals surface area contributed by atoms with Gasteiger partial charge in [-0.15, -0.1) is 0 Å². The summed E-state index contributed by atoms with van der Waals surface area (Å²) in [4.78, 5) is 11.3. The SMILES string of the molecule is Cc1cccc2c1ccc1c(O)cc(=O)oc12. The van der Waals surface area contributed by atoms with Gasteiger partial charge in [-0.2, -0.15) is 0 Å².